The van der Waals surface area contributed by atoms with E-state index in [4.69, 9.17) is 5.11 Å². The first kappa shape index (κ1) is 9.92. The largest absolute Gasteiger partial charge is 0.477 e. The van der Waals surface area contributed by atoms with Gasteiger partial charge >= 0.3 is 5.97 Å². The molecule has 1 N–H and O–H groups in total. The van der Waals surface area contributed by atoms with Gasteiger partial charge < -0.3 is 5.11 Å². The quantitative estimate of drug-likeness (QED) is 0.908. The van der Waals surface area contributed by atoms with E-state index in [1.54, 1.807) is 12.1 Å². The Hall–Kier alpha value is -1.62. The highest BCUT2D eigenvalue weighted by Crippen LogP contribution is 2.16. The SMILES string of the molecule is O=C(O)c1ccnn1-c1cccc(Br)c1. The summed E-state index contributed by atoms with van der Waals surface area (Å²) < 4.78 is 2.26. The molecule has 1 aromatic carbocycles. The van der Waals surface area contributed by atoms with Crippen LogP contribution in [0.15, 0.2) is 41.0 Å². The van der Waals surface area contributed by atoms with E-state index in [9.17, 15) is 4.79 Å². The average Bonchev–Trinajstić information content (AvgIpc) is 2.65. The van der Waals surface area contributed by atoms with E-state index in [2.05, 4.69) is 21.0 Å². The molecule has 0 amide bonds. The molecule has 0 aliphatic rings. The second-order valence-corrected chi connectivity index (χ2v) is 3.83. The van der Waals surface area contributed by atoms with Crippen LogP contribution in [0.2, 0.25) is 0 Å². The Balaban J connectivity index is 2.54. The van der Waals surface area contributed by atoms with Crippen LogP contribution in [-0.4, -0.2) is 20.9 Å². The van der Waals surface area contributed by atoms with Crippen LogP contribution in [0.5, 0.6) is 0 Å². The minimum absolute atomic E-state index is 0.146. The number of carbonyl (C=O) groups is 1. The number of aromatic carboxylic acids is 1. The third-order valence-corrected chi connectivity index (χ3v) is 2.41. The molecular weight excluding hydrogens is 260 g/mol. The third kappa shape index (κ3) is 1.92. The molecule has 0 aliphatic carbocycles. The lowest BCUT2D eigenvalue weighted by molar-refractivity contribution is 0.0687. The van der Waals surface area contributed by atoms with Crippen molar-refractivity contribution in [2.45, 2.75) is 0 Å². The Kier molecular flexibility index (Phi) is 2.55. The highest BCUT2D eigenvalue weighted by molar-refractivity contribution is 9.10. The van der Waals surface area contributed by atoms with Gasteiger partial charge in [-0.05, 0) is 24.3 Å². The second-order valence-electron chi connectivity index (χ2n) is 2.91. The zero-order valence-corrected chi connectivity index (χ0v) is 9.18. The van der Waals surface area contributed by atoms with Gasteiger partial charge in [0.25, 0.3) is 0 Å². The summed E-state index contributed by atoms with van der Waals surface area (Å²) in [5, 5.41) is 12.9. The summed E-state index contributed by atoms with van der Waals surface area (Å²) in [5.74, 6) is -0.993. The number of aromatic nitrogens is 2. The van der Waals surface area contributed by atoms with E-state index in [0.29, 0.717) is 5.69 Å². The van der Waals surface area contributed by atoms with Crippen molar-refractivity contribution in [3.63, 3.8) is 0 Å². The number of rotatable bonds is 2. The maximum atomic E-state index is 10.9. The van der Waals surface area contributed by atoms with E-state index < -0.39 is 5.97 Å². The molecule has 5 heteroatoms. The molecule has 1 heterocycles. The van der Waals surface area contributed by atoms with Gasteiger partial charge in [-0.25, -0.2) is 9.48 Å². The van der Waals surface area contributed by atoms with Crippen molar-refractivity contribution in [1.82, 2.24) is 9.78 Å². The predicted octanol–water partition coefficient (Wildman–Crippen LogP) is 2.33. The molecule has 76 valence electrons. The molecule has 0 atom stereocenters. The van der Waals surface area contributed by atoms with Gasteiger partial charge in [0.05, 0.1) is 11.9 Å². The molecule has 0 unspecified atom stereocenters. The topological polar surface area (TPSA) is 55.1 Å². The van der Waals surface area contributed by atoms with Crippen molar-refractivity contribution in [2.75, 3.05) is 0 Å². The molecular formula is C10H7BrN2O2. The van der Waals surface area contributed by atoms with Crippen molar-refractivity contribution < 1.29 is 9.90 Å². The number of halogens is 1. The van der Waals surface area contributed by atoms with Gasteiger partial charge in [-0.15, -0.1) is 0 Å². The van der Waals surface area contributed by atoms with Gasteiger partial charge in [0.1, 0.15) is 0 Å². The molecule has 2 rings (SSSR count). The Bertz CT molecular complexity index is 508. The zero-order valence-electron chi connectivity index (χ0n) is 7.59. The molecule has 4 nitrogen and oxygen atoms in total. The molecule has 0 saturated carbocycles. The van der Waals surface area contributed by atoms with Crippen LogP contribution in [-0.2, 0) is 0 Å². The number of nitrogens with zero attached hydrogens (tertiary/aromatic N) is 2. The molecule has 2 aromatic rings. The van der Waals surface area contributed by atoms with E-state index in [0.717, 1.165) is 4.47 Å². The predicted molar refractivity (Wildman–Crippen MR) is 58.2 cm³/mol. The summed E-state index contributed by atoms with van der Waals surface area (Å²) in [6, 6.07) is 8.76. The summed E-state index contributed by atoms with van der Waals surface area (Å²) in [4.78, 5) is 10.9. The second kappa shape index (κ2) is 3.86. The summed E-state index contributed by atoms with van der Waals surface area (Å²) >= 11 is 3.32. The number of hydrogen-bond donors (Lipinski definition) is 1. The van der Waals surface area contributed by atoms with Crippen LogP contribution in [0.3, 0.4) is 0 Å². The van der Waals surface area contributed by atoms with Crippen molar-refractivity contribution in [1.29, 1.82) is 0 Å². The normalized spacial score (nSPS) is 10.2. The highest BCUT2D eigenvalue weighted by atomic mass is 79.9. The van der Waals surface area contributed by atoms with E-state index >= 15 is 0 Å². The first-order valence-corrected chi connectivity index (χ1v) is 5.01. The van der Waals surface area contributed by atoms with Crippen LogP contribution < -0.4 is 0 Å². The molecule has 15 heavy (non-hydrogen) atoms. The van der Waals surface area contributed by atoms with E-state index in [-0.39, 0.29) is 5.69 Å². The molecule has 0 bridgehead atoms. The lowest BCUT2D eigenvalue weighted by Crippen LogP contribution is -2.07. The van der Waals surface area contributed by atoms with Crippen molar-refractivity contribution in [3.8, 4) is 5.69 Å². The minimum atomic E-state index is -0.993. The van der Waals surface area contributed by atoms with Crippen molar-refractivity contribution in [3.05, 3.63) is 46.7 Å². The Morgan fingerprint density at radius 3 is 2.87 bits per heavy atom. The summed E-state index contributed by atoms with van der Waals surface area (Å²) in [5.41, 5.74) is 0.861. The third-order valence-electron chi connectivity index (χ3n) is 1.91. The Morgan fingerprint density at radius 1 is 1.40 bits per heavy atom. The molecule has 0 spiro atoms. The molecule has 0 saturated heterocycles. The van der Waals surface area contributed by atoms with Crippen LogP contribution in [0.25, 0.3) is 5.69 Å². The highest BCUT2D eigenvalue weighted by Gasteiger charge is 2.11. The zero-order chi connectivity index (χ0) is 10.8. The number of carboxylic acid groups (broad SMARTS) is 1. The van der Waals surface area contributed by atoms with Crippen LogP contribution in [0.1, 0.15) is 10.5 Å². The number of carboxylic acids is 1. The summed E-state index contributed by atoms with van der Waals surface area (Å²) in [7, 11) is 0. The number of hydrogen-bond acceptors (Lipinski definition) is 2. The molecule has 0 aliphatic heterocycles. The average molecular weight is 267 g/mol. The summed E-state index contributed by atoms with van der Waals surface area (Å²) in [6.07, 6.45) is 1.46. The van der Waals surface area contributed by atoms with Gasteiger partial charge in [0.15, 0.2) is 5.69 Å². The van der Waals surface area contributed by atoms with Gasteiger partial charge in [-0.2, -0.15) is 5.10 Å². The van der Waals surface area contributed by atoms with Crippen LogP contribution >= 0.6 is 15.9 Å². The van der Waals surface area contributed by atoms with Crippen molar-refractivity contribution in [2.24, 2.45) is 0 Å². The smallest absolute Gasteiger partial charge is 0.354 e. The van der Waals surface area contributed by atoms with E-state index in [1.165, 1.54) is 16.9 Å². The van der Waals surface area contributed by atoms with Gasteiger partial charge in [-0.1, -0.05) is 22.0 Å². The summed E-state index contributed by atoms with van der Waals surface area (Å²) in [6.45, 7) is 0. The first-order valence-electron chi connectivity index (χ1n) is 4.22. The van der Waals surface area contributed by atoms with E-state index in [1.807, 2.05) is 12.1 Å². The Labute approximate surface area is 94.3 Å². The molecule has 0 radical (unpaired) electrons. The fourth-order valence-electron chi connectivity index (χ4n) is 1.28. The molecule has 1 aromatic heterocycles. The van der Waals surface area contributed by atoms with Crippen LogP contribution in [0.4, 0.5) is 0 Å². The maximum absolute atomic E-state index is 10.9. The maximum Gasteiger partial charge on any atom is 0.354 e. The number of benzene rings is 1. The van der Waals surface area contributed by atoms with Gasteiger partial charge in [0, 0.05) is 4.47 Å². The van der Waals surface area contributed by atoms with Crippen molar-refractivity contribution >= 4 is 21.9 Å². The Morgan fingerprint density at radius 2 is 2.20 bits per heavy atom. The lowest BCUT2D eigenvalue weighted by atomic mass is 10.3. The molecule has 0 fully saturated rings. The lowest BCUT2D eigenvalue weighted by Gasteiger charge is -2.04. The monoisotopic (exact) mass is 266 g/mol. The fourth-order valence-corrected chi connectivity index (χ4v) is 1.67. The first-order chi connectivity index (χ1) is 7.18. The standard InChI is InChI=1S/C10H7BrN2O2/c11-7-2-1-3-8(6-7)13-9(10(14)15)4-5-12-13/h1-6H,(H,14,15). The van der Waals surface area contributed by atoms with Gasteiger partial charge in [-0.3, -0.25) is 0 Å². The minimum Gasteiger partial charge on any atom is -0.477 e. The van der Waals surface area contributed by atoms with Crippen LogP contribution in [0, 0.1) is 0 Å². The fraction of sp³-hybridized carbons (Fsp3) is 0. The van der Waals surface area contributed by atoms with Gasteiger partial charge in [0.2, 0.25) is 0 Å².